The third-order valence-electron chi connectivity index (χ3n) is 4.18. The van der Waals surface area contributed by atoms with Crippen LogP contribution in [0.3, 0.4) is 0 Å². The Morgan fingerprint density at radius 2 is 2.07 bits per heavy atom. The van der Waals surface area contributed by atoms with Crippen LogP contribution in [0.15, 0.2) is 24.3 Å². The van der Waals surface area contributed by atoms with Crippen LogP contribution < -0.4 is 15.4 Å². The average Bonchev–Trinajstić information content (AvgIpc) is 2.68. The zero-order valence-corrected chi connectivity index (χ0v) is 17.7. The molecule has 158 valence electrons. The standard InChI is InChI=1S/C20H27N3O5S/c1-4-27-17(24)11-15-19(26)21-9-10-23(15)20(29)22-18(25)14-7-5-6-8-16(14)28-12-13(2)3/h5-8,13,15H,4,9-12H2,1-3H3,(H,21,26)(H,22,25,29)/t15-/m1/s1. The number of carbonyl (C=O) groups is 3. The summed E-state index contributed by atoms with van der Waals surface area (Å²) >= 11 is 5.37. The van der Waals surface area contributed by atoms with Crippen molar-refractivity contribution in [2.24, 2.45) is 5.92 Å². The first-order chi connectivity index (χ1) is 13.8. The Morgan fingerprint density at radius 3 is 2.76 bits per heavy atom. The maximum atomic E-state index is 12.8. The number of amides is 2. The summed E-state index contributed by atoms with van der Waals surface area (Å²) in [5.41, 5.74) is 0.346. The lowest BCUT2D eigenvalue weighted by atomic mass is 10.1. The first-order valence-corrected chi connectivity index (χ1v) is 10.0. The van der Waals surface area contributed by atoms with Crippen molar-refractivity contribution in [2.75, 3.05) is 26.3 Å². The van der Waals surface area contributed by atoms with Crippen LogP contribution in [0.2, 0.25) is 0 Å². The number of hydrogen-bond donors (Lipinski definition) is 2. The van der Waals surface area contributed by atoms with E-state index in [9.17, 15) is 14.4 Å². The molecular formula is C20H27N3O5S. The van der Waals surface area contributed by atoms with Crippen LogP contribution >= 0.6 is 12.2 Å². The van der Waals surface area contributed by atoms with Crippen LogP contribution in [-0.4, -0.2) is 60.1 Å². The molecule has 8 nitrogen and oxygen atoms in total. The van der Waals surface area contributed by atoms with Crippen molar-refractivity contribution < 1.29 is 23.9 Å². The average molecular weight is 422 g/mol. The predicted molar refractivity (Wildman–Crippen MR) is 112 cm³/mol. The highest BCUT2D eigenvalue weighted by Crippen LogP contribution is 2.19. The highest BCUT2D eigenvalue weighted by atomic mass is 32.1. The number of thiocarbonyl (C=S) groups is 1. The van der Waals surface area contributed by atoms with Crippen LogP contribution in [0.5, 0.6) is 5.75 Å². The summed E-state index contributed by atoms with van der Waals surface area (Å²) in [6.07, 6.45) is -0.149. The number of carbonyl (C=O) groups excluding carboxylic acids is 3. The molecule has 0 aliphatic carbocycles. The Hall–Kier alpha value is -2.68. The van der Waals surface area contributed by atoms with Crippen LogP contribution in [0, 0.1) is 5.92 Å². The number of piperazine rings is 1. The van der Waals surface area contributed by atoms with Crippen molar-refractivity contribution in [1.29, 1.82) is 0 Å². The Balaban J connectivity index is 2.10. The second-order valence-electron chi connectivity index (χ2n) is 6.97. The molecule has 0 aromatic heterocycles. The van der Waals surface area contributed by atoms with Crippen molar-refractivity contribution in [2.45, 2.75) is 33.2 Å². The van der Waals surface area contributed by atoms with E-state index in [1.54, 1.807) is 36.1 Å². The molecule has 0 spiro atoms. The topological polar surface area (TPSA) is 97.0 Å². The number of benzene rings is 1. The molecule has 0 saturated carbocycles. The molecule has 0 bridgehead atoms. The van der Waals surface area contributed by atoms with E-state index in [0.717, 1.165) is 0 Å². The minimum atomic E-state index is -0.831. The fourth-order valence-corrected chi connectivity index (χ4v) is 3.12. The highest BCUT2D eigenvalue weighted by Gasteiger charge is 2.34. The van der Waals surface area contributed by atoms with Gasteiger partial charge in [-0.3, -0.25) is 19.7 Å². The molecule has 2 amide bonds. The third kappa shape index (κ3) is 6.42. The lowest BCUT2D eigenvalue weighted by Gasteiger charge is -2.36. The quantitative estimate of drug-likeness (QED) is 0.509. The van der Waals surface area contributed by atoms with Gasteiger partial charge >= 0.3 is 5.97 Å². The van der Waals surface area contributed by atoms with E-state index in [1.807, 2.05) is 13.8 Å². The summed E-state index contributed by atoms with van der Waals surface area (Å²) in [4.78, 5) is 38.4. The van der Waals surface area contributed by atoms with E-state index in [1.165, 1.54) is 0 Å². The minimum absolute atomic E-state index is 0.0813. The minimum Gasteiger partial charge on any atom is -0.492 e. The van der Waals surface area contributed by atoms with Gasteiger partial charge in [0.25, 0.3) is 5.91 Å². The van der Waals surface area contributed by atoms with Gasteiger partial charge in [-0.2, -0.15) is 0 Å². The molecule has 2 N–H and O–H groups in total. The van der Waals surface area contributed by atoms with E-state index in [-0.39, 0.29) is 24.0 Å². The Morgan fingerprint density at radius 1 is 1.34 bits per heavy atom. The van der Waals surface area contributed by atoms with Crippen molar-refractivity contribution in [3.8, 4) is 5.75 Å². The maximum Gasteiger partial charge on any atom is 0.308 e. The fraction of sp³-hybridized carbons (Fsp3) is 0.500. The van der Waals surface area contributed by atoms with E-state index in [2.05, 4.69) is 10.6 Å². The molecule has 1 aliphatic heterocycles. The molecule has 1 saturated heterocycles. The molecule has 9 heteroatoms. The number of nitrogens with one attached hydrogen (secondary N) is 2. The Labute approximate surface area is 175 Å². The molecule has 29 heavy (non-hydrogen) atoms. The summed E-state index contributed by atoms with van der Waals surface area (Å²) in [5, 5.41) is 5.44. The molecule has 0 radical (unpaired) electrons. The van der Waals surface area contributed by atoms with Crippen molar-refractivity contribution in [1.82, 2.24) is 15.5 Å². The maximum absolute atomic E-state index is 12.8. The summed E-state index contributed by atoms with van der Waals surface area (Å²) in [5.74, 6) is -0.499. The molecule has 0 unspecified atom stereocenters. The molecular weight excluding hydrogens is 394 g/mol. The molecule has 1 aromatic rings. The van der Waals surface area contributed by atoms with Crippen molar-refractivity contribution in [3.63, 3.8) is 0 Å². The molecule has 1 atom stereocenters. The summed E-state index contributed by atoms with van der Waals surface area (Å²) in [6.45, 7) is 7.17. The normalized spacial score (nSPS) is 16.2. The van der Waals surface area contributed by atoms with Gasteiger partial charge in [-0.1, -0.05) is 26.0 Å². The summed E-state index contributed by atoms with van der Waals surface area (Å²) < 4.78 is 10.7. The van der Waals surface area contributed by atoms with Gasteiger partial charge in [-0.15, -0.1) is 0 Å². The second kappa shape index (κ2) is 10.8. The first-order valence-electron chi connectivity index (χ1n) is 9.60. The molecule has 1 aromatic carbocycles. The number of rotatable bonds is 7. The van der Waals surface area contributed by atoms with Crippen LogP contribution in [-0.2, 0) is 14.3 Å². The molecule has 2 rings (SSSR count). The third-order valence-corrected chi connectivity index (χ3v) is 4.52. The monoisotopic (exact) mass is 421 g/mol. The van der Waals surface area contributed by atoms with Gasteiger partial charge in [0.2, 0.25) is 5.91 Å². The van der Waals surface area contributed by atoms with Gasteiger partial charge in [0, 0.05) is 13.1 Å². The Kier molecular flexibility index (Phi) is 8.38. The lowest BCUT2D eigenvalue weighted by Crippen LogP contribution is -2.60. The molecule has 1 aliphatic rings. The SMILES string of the molecule is CCOC(=O)C[C@@H]1C(=O)NCCN1C(=S)NC(=O)c1ccccc1OCC(C)C. The predicted octanol–water partition coefficient (Wildman–Crippen LogP) is 1.49. The van der Waals surface area contributed by atoms with Gasteiger partial charge in [-0.05, 0) is 37.2 Å². The van der Waals surface area contributed by atoms with Gasteiger partial charge in [0.1, 0.15) is 11.8 Å². The van der Waals surface area contributed by atoms with Crippen molar-refractivity contribution in [3.05, 3.63) is 29.8 Å². The summed E-state index contributed by atoms with van der Waals surface area (Å²) in [6, 6.07) is 6.06. The summed E-state index contributed by atoms with van der Waals surface area (Å²) in [7, 11) is 0. The van der Waals surface area contributed by atoms with Gasteiger partial charge < -0.3 is 19.7 Å². The zero-order chi connectivity index (χ0) is 21.4. The van der Waals surface area contributed by atoms with Gasteiger partial charge in [-0.25, -0.2) is 0 Å². The van der Waals surface area contributed by atoms with E-state index in [4.69, 9.17) is 21.7 Å². The number of hydrogen-bond acceptors (Lipinski definition) is 6. The first kappa shape index (κ1) is 22.6. The fourth-order valence-electron chi connectivity index (χ4n) is 2.81. The van der Waals surface area contributed by atoms with Crippen LogP contribution in [0.25, 0.3) is 0 Å². The molecule has 1 heterocycles. The van der Waals surface area contributed by atoms with Crippen LogP contribution in [0.4, 0.5) is 0 Å². The lowest BCUT2D eigenvalue weighted by molar-refractivity contribution is -0.147. The van der Waals surface area contributed by atoms with Crippen molar-refractivity contribution >= 4 is 35.1 Å². The van der Waals surface area contributed by atoms with Crippen LogP contribution in [0.1, 0.15) is 37.6 Å². The van der Waals surface area contributed by atoms with E-state index < -0.39 is 17.9 Å². The van der Waals surface area contributed by atoms with Gasteiger partial charge in [0.15, 0.2) is 5.11 Å². The van der Waals surface area contributed by atoms with E-state index >= 15 is 0 Å². The largest absolute Gasteiger partial charge is 0.492 e. The van der Waals surface area contributed by atoms with E-state index in [0.29, 0.717) is 36.9 Å². The number of ether oxygens (including phenoxy) is 2. The number of para-hydroxylation sites is 1. The number of nitrogens with zero attached hydrogens (tertiary/aromatic N) is 1. The van der Waals surface area contributed by atoms with Gasteiger partial charge in [0.05, 0.1) is 25.2 Å². The highest BCUT2D eigenvalue weighted by molar-refractivity contribution is 7.80. The second-order valence-corrected chi connectivity index (χ2v) is 7.36. The number of esters is 1. The smallest absolute Gasteiger partial charge is 0.308 e. The Bertz CT molecular complexity index is 768. The zero-order valence-electron chi connectivity index (χ0n) is 16.9. The molecule has 1 fully saturated rings.